The maximum atomic E-state index is 10.1. The van der Waals surface area contributed by atoms with Crippen LogP contribution in [0.1, 0.15) is 13.8 Å². The van der Waals surface area contributed by atoms with Crippen molar-refractivity contribution in [3.8, 4) is 0 Å². The molecule has 0 aliphatic carbocycles. The molecule has 0 saturated heterocycles. The minimum atomic E-state index is -1.71. The van der Waals surface area contributed by atoms with Gasteiger partial charge in [0.05, 0.1) is 0 Å². The van der Waals surface area contributed by atoms with E-state index in [0.717, 1.165) is 0 Å². The highest BCUT2D eigenvalue weighted by Crippen LogP contribution is 2.40. The normalized spacial score (nSPS) is 12.8. The van der Waals surface area contributed by atoms with E-state index in [2.05, 4.69) is 9.78 Å². The topological polar surface area (TPSA) is 35.5 Å². The molecule has 12 heavy (non-hydrogen) atoms. The van der Waals surface area contributed by atoms with Crippen molar-refractivity contribution < 1.29 is 14.6 Å². The van der Waals surface area contributed by atoms with Gasteiger partial charge in [0.15, 0.2) is 5.60 Å². The van der Waals surface area contributed by atoms with Crippen LogP contribution in [0.15, 0.2) is 0 Å². The molecule has 0 aliphatic heterocycles. The van der Waals surface area contributed by atoms with E-state index in [1.807, 2.05) is 0 Å². The molecule has 0 bridgehead atoms. The molecule has 7 heteroatoms. The highest BCUT2D eigenvalue weighted by Gasteiger charge is 2.44. The number of halogens is 4. The first-order chi connectivity index (χ1) is 5.17. The van der Waals surface area contributed by atoms with Gasteiger partial charge in [0.2, 0.25) is 3.79 Å². The molecular formula is C5H6Cl4O3. The van der Waals surface area contributed by atoms with E-state index in [4.69, 9.17) is 46.4 Å². The second-order valence-corrected chi connectivity index (χ2v) is 5.00. The average Bonchev–Trinajstić information content (AvgIpc) is 1.81. The Hall–Kier alpha value is 0.590. The molecule has 72 valence electrons. The van der Waals surface area contributed by atoms with Gasteiger partial charge in [-0.05, 0) is 13.8 Å². The first-order valence-corrected chi connectivity index (χ1v) is 4.30. The van der Waals surface area contributed by atoms with E-state index in [1.54, 1.807) is 0 Å². The number of hydrogen-bond acceptors (Lipinski definition) is 3. The highest BCUT2D eigenvalue weighted by atomic mass is 35.6. The van der Waals surface area contributed by atoms with Crippen molar-refractivity contribution >= 4 is 51.8 Å². The van der Waals surface area contributed by atoms with Gasteiger partial charge < -0.3 is 0 Å². The lowest BCUT2D eigenvalue weighted by Crippen LogP contribution is -2.39. The third kappa shape index (κ3) is 4.01. The van der Waals surface area contributed by atoms with Gasteiger partial charge in [0.25, 0.3) is 0 Å². The molecule has 0 aromatic rings. The molecule has 0 fully saturated rings. The van der Waals surface area contributed by atoms with Gasteiger partial charge in [0.1, 0.15) is 0 Å². The second kappa shape index (κ2) is 4.20. The second-order valence-electron chi connectivity index (χ2n) is 2.41. The Kier molecular flexibility index (Phi) is 4.41. The molecule has 0 aromatic heterocycles. The van der Waals surface area contributed by atoms with Crippen LogP contribution >= 0.6 is 46.4 Å². The fourth-order valence-corrected chi connectivity index (χ4v) is 0.310. The summed E-state index contributed by atoms with van der Waals surface area (Å²) in [4.78, 5) is 18.6. The average molecular weight is 256 g/mol. The molecule has 0 aliphatic rings. The summed E-state index contributed by atoms with van der Waals surface area (Å²) in [6, 6.07) is 0. The van der Waals surface area contributed by atoms with Crippen LogP contribution in [0.2, 0.25) is 0 Å². The summed E-state index contributed by atoms with van der Waals surface area (Å²) in [5, 5.41) is 0. The van der Waals surface area contributed by atoms with Crippen molar-refractivity contribution in [3.63, 3.8) is 0 Å². The van der Waals surface area contributed by atoms with Gasteiger partial charge in [-0.15, -0.1) is 0 Å². The molecule has 3 nitrogen and oxygen atoms in total. The zero-order valence-electron chi connectivity index (χ0n) is 6.24. The summed E-state index contributed by atoms with van der Waals surface area (Å²) < 4.78 is -1.71. The minimum Gasteiger partial charge on any atom is -0.279 e. The molecule has 0 rings (SSSR count). The Morgan fingerprint density at radius 2 is 1.67 bits per heavy atom. The zero-order chi connectivity index (χ0) is 9.99. The van der Waals surface area contributed by atoms with E-state index in [0.29, 0.717) is 0 Å². The monoisotopic (exact) mass is 254 g/mol. The lowest BCUT2D eigenvalue weighted by atomic mass is 10.2. The first kappa shape index (κ1) is 12.6. The largest absolute Gasteiger partial charge is 0.435 e. The number of alkyl halides is 3. The van der Waals surface area contributed by atoms with Crippen molar-refractivity contribution in [1.82, 2.24) is 0 Å². The maximum Gasteiger partial charge on any atom is 0.435 e. The van der Waals surface area contributed by atoms with Crippen LogP contribution < -0.4 is 0 Å². The Morgan fingerprint density at radius 1 is 1.25 bits per heavy atom. The summed E-state index contributed by atoms with van der Waals surface area (Å²) >= 11 is 21.3. The van der Waals surface area contributed by atoms with E-state index < -0.39 is 14.8 Å². The van der Waals surface area contributed by atoms with Gasteiger partial charge in [-0.3, -0.25) is 4.89 Å². The Morgan fingerprint density at radius 3 is 1.92 bits per heavy atom. The number of hydrogen-bond donors (Lipinski definition) is 0. The fourth-order valence-electron chi connectivity index (χ4n) is 0.184. The van der Waals surface area contributed by atoms with Gasteiger partial charge >= 0.3 is 5.43 Å². The predicted molar refractivity (Wildman–Crippen MR) is 47.8 cm³/mol. The Labute approximate surface area is 89.7 Å². The summed E-state index contributed by atoms with van der Waals surface area (Å²) in [6.45, 7) is 2.86. The quantitative estimate of drug-likeness (QED) is 0.328. The van der Waals surface area contributed by atoms with E-state index in [-0.39, 0.29) is 0 Å². The summed E-state index contributed by atoms with van der Waals surface area (Å²) in [7, 11) is 0. The lowest BCUT2D eigenvalue weighted by molar-refractivity contribution is -0.298. The highest BCUT2D eigenvalue weighted by molar-refractivity contribution is 6.68. The molecule has 0 heterocycles. The van der Waals surface area contributed by atoms with Crippen LogP contribution in [-0.4, -0.2) is 14.8 Å². The third-order valence-corrected chi connectivity index (χ3v) is 2.43. The molecule has 0 atom stereocenters. The van der Waals surface area contributed by atoms with Crippen LogP contribution in [-0.2, 0) is 9.78 Å². The Bertz CT molecular complexity index is 174. The van der Waals surface area contributed by atoms with Crippen molar-refractivity contribution in [2.75, 3.05) is 0 Å². The van der Waals surface area contributed by atoms with E-state index >= 15 is 0 Å². The molecule has 0 spiro atoms. The van der Waals surface area contributed by atoms with Crippen molar-refractivity contribution in [2.24, 2.45) is 0 Å². The van der Waals surface area contributed by atoms with Crippen molar-refractivity contribution in [1.29, 1.82) is 0 Å². The van der Waals surface area contributed by atoms with E-state index in [9.17, 15) is 4.79 Å². The van der Waals surface area contributed by atoms with Crippen LogP contribution in [0.4, 0.5) is 4.79 Å². The minimum absolute atomic E-state index is 1.13. The van der Waals surface area contributed by atoms with E-state index in [1.165, 1.54) is 13.8 Å². The zero-order valence-corrected chi connectivity index (χ0v) is 9.26. The molecule has 0 amide bonds. The SMILES string of the molecule is CC(C)(OOC(=O)Cl)C(Cl)(Cl)Cl. The van der Waals surface area contributed by atoms with Crippen LogP contribution in [0, 0.1) is 0 Å². The van der Waals surface area contributed by atoms with Crippen LogP contribution in [0.25, 0.3) is 0 Å². The predicted octanol–water partition coefficient (Wildman–Crippen LogP) is 3.44. The van der Waals surface area contributed by atoms with Gasteiger partial charge in [-0.25, -0.2) is 4.79 Å². The molecular weight excluding hydrogens is 250 g/mol. The first-order valence-electron chi connectivity index (χ1n) is 2.78. The number of rotatable bonds is 2. The number of carbonyl (C=O) groups is 1. The molecule has 0 radical (unpaired) electrons. The van der Waals surface area contributed by atoms with Crippen LogP contribution in [0.5, 0.6) is 0 Å². The van der Waals surface area contributed by atoms with Gasteiger partial charge in [0, 0.05) is 11.6 Å². The van der Waals surface area contributed by atoms with Crippen LogP contribution in [0.3, 0.4) is 0 Å². The van der Waals surface area contributed by atoms with Gasteiger partial charge in [-0.2, -0.15) is 4.89 Å². The Balaban J connectivity index is 4.14. The lowest BCUT2D eigenvalue weighted by Gasteiger charge is -2.29. The summed E-state index contributed by atoms with van der Waals surface area (Å²) in [6.07, 6.45) is 0. The van der Waals surface area contributed by atoms with Crippen molar-refractivity contribution in [3.05, 3.63) is 0 Å². The molecule has 0 unspecified atom stereocenters. The fraction of sp³-hybridized carbons (Fsp3) is 0.800. The summed E-state index contributed by atoms with van der Waals surface area (Å²) in [5.74, 6) is 0. The number of carbonyl (C=O) groups excluding carboxylic acids is 1. The standard InChI is InChI=1S/C5H6Cl4O3/c1-4(2,5(7,8)9)12-11-3(6)10/h1-2H3. The smallest absolute Gasteiger partial charge is 0.279 e. The molecule has 0 aromatic carbocycles. The van der Waals surface area contributed by atoms with Gasteiger partial charge in [-0.1, -0.05) is 34.8 Å². The van der Waals surface area contributed by atoms with Crippen molar-refractivity contribution in [2.45, 2.75) is 23.2 Å². The molecule has 0 saturated carbocycles. The summed E-state index contributed by atoms with van der Waals surface area (Å²) in [5.41, 5.74) is -2.39. The third-order valence-electron chi connectivity index (χ3n) is 0.998. The molecule has 0 N–H and O–H groups in total. The maximum absolute atomic E-state index is 10.1.